The third-order valence-corrected chi connectivity index (χ3v) is 10.6. The summed E-state index contributed by atoms with van der Waals surface area (Å²) in [5.74, 6) is 1.93. The van der Waals surface area contributed by atoms with Crippen molar-refractivity contribution in [2.75, 3.05) is 0 Å². The Kier molecular flexibility index (Phi) is 9.18. The van der Waals surface area contributed by atoms with Crippen LogP contribution < -0.4 is 0 Å². The second-order valence-electron chi connectivity index (χ2n) is 14.0. The maximum atomic E-state index is 5.08. The van der Waals surface area contributed by atoms with Gasteiger partial charge in [-0.25, -0.2) is 15.0 Å². The summed E-state index contributed by atoms with van der Waals surface area (Å²) in [7, 11) is 0. The third-order valence-electron chi connectivity index (χ3n) is 10.6. The van der Waals surface area contributed by atoms with Crippen molar-refractivity contribution in [1.29, 1.82) is 0 Å². The van der Waals surface area contributed by atoms with Crippen LogP contribution in [0.3, 0.4) is 0 Å². The summed E-state index contributed by atoms with van der Waals surface area (Å²) in [4.78, 5) is 15.1. The first-order chi connectivity index (χ1) is 27.2. The van der Waals surface area contributed by atoms with Crippen molar-refractivity contribution in [3.63, 3.8) is 0 Å². The van der Waals surface area contributed by atoms with E-state index in [0.717, 1.165) is 45.4 Å². The van der Waals surface area contributed by atoms with E-state index >= 15 is 0 Å². The van der Waals surface area contributed by atoms with Crippen LogP contribution in [0.25, 0.3) is 89.8 Å². The smallest absolute Gasteiger partial charge is 0.164 e. The van der Waals surface area contributed by atoms with Gasteiger partial charge in [-0.1, -0.05) is 195 Å². The molecule has 1 aliphatic carbocycles. The van der Waals surface area contributed by atoms with Gasteiger partial charge < -0.3 is 0 Å². The van der Waals surface area contributed by atoms with E-state index in [9.17, 15) is 0 Å². The lowest BCUT2D eigenvalue weighted by Gasteiger charge is -2.12. The molecule has 0 amide bonds. The van der Waals surface area contributed by atoms with Crippen molar-refractivity contribution in [3.8, 4) is 89.8 Å². The molecular formula is C53H39N3. The molecule has 9 aromatic rings. The molecule has 0 aliphatic heterocycles. The van der Waals surface area contributed by atoms with Crippen LogP contribution >= 0.6 is 0 Å². The highest BCUT2D eigenvalue weighted by Gasteiger charge is 2.24. The van der Waals surface area contributed by atoms with Gasteiger partial charge in [-0.05, 0) is 85.3 Å². The summed E-state index contributed by atoms with van der Waals surface area (Å²) in [6.45, 7) is 0. The summed E-state index contributed by atoms with van der Waals surface area (Å²) in [5.41, 5.74) is 17.9. The summed E-state index contributed by atoms with van der Waals surface area (Å²) in [5, 5.41) is 0. The first-order valence-electron chi connectivity index (χ1n) is 18.7. The molecule has 0 saturated heterocycles. The van der Waals surface area contributed by atoms with Crippen molar-refractivity contribution in [2.45, 2.75) is 13.8 Å². The minimum atomic E-state index is 0. The number of fused-ring (bicyclic) bond motifs is 3. The van der Waals surface area contributed by atoms with Gasteiger partial charge in [0.25, 0.3) is 0 Å². The maximum absolute atomic E-state index is 5.08. The van der Waals surface area contributed by atoms with Gasteiger partial charge in [0.15, 0.2) is 17.5 Å². The van der Waals surface area contributed by atoms with Crippen LogP contribution in [0.1, 0.15) is 18.6 Å². The Morgan fingerprint density at radius 3 is 1.07 bits per heavy atom. The Balaban J connectivity index is 0.00000410. The molecule has 3 nitrogen and oxygen atoms in total. The van der Waals surface area contributed by atoms with E-state index < -0.39 is 0 Å². The predicted octanol–water partition coefficient (Wildman–Crippen LogP) is 13.7. The fraction of sp³-hybridized carbons (Fsp3) is 0.0377. The van der Waals surface area contributed by atoms with Crippen LogP contribution in [-0.2, 0) is 6.42 Å². The van der Waals surface area contributed by atoms with Crippen molar-refractivity contribution >= 4 is 0 Å². The van der Waals surface area contributed by atoms with Gasteiger partial charge in [-0.15, -0.1) is 0 Å². The Labute approximate surface area is 328 Å². The second-order valence-corrected chi connectivity index (χ2v) is 14.0. The Morgan fingerprint density at radius 1 is 0.250 bits per heavy atom. The van der Waals surface area contributed by atoms with Crippen molar-refractivity contribution in [3.05, 3.63) is 211 Å². The van der Waals surface area contributed by atoms with Crippen LogP contribution in [0.4, 0.5) is 0 Å². The monoisotopic (exact) mass is 717 g/mol. The number of nitrogens with zero attached hydrogens (tertiary/aromatic N) is 3. The minimum absolute atomic E-state index is 0. The number of benzene rings is 8. The Morgan fingerprint density at radius 2 is 0.571 bits per heavy atom. The molecule has 0 N–H and O–H groups in total. The van der Waals surface area contributed by atoms with E-state index in [-0.39, 0.29) is 7.43 Å². The molecule has 1 aliphatic rings. The molecular weight excluding hydrogens is 679 g/mol. The molecule has 0 atom stereocenters. The van der Waals surface area contributed by atoms with Crippen molar-refractivity contribution in [2.24, 2.45) is 0 Å². The zero-order valence-electron chi connectivity index (χ0n) is 30.1. The average Bonchev–Trinajstić information content (AvgIpc) is 3.67. The fourth-order valence-corrected chi connectivity index (χ4v) is 7.89. The van der Waals surface area contributed by atoms with Gasteiger partial charge in [0.05, 0.1) is 0 Å². The summed E-state index contributed by atoms with van der Waals surface area (Å²) in [6.07, 6.45) is 0.922. The minimum Gasteiger partial charge on any atom is -0.208 e. The maximum Gasteiger partial charge on any atom is 0.164 e. The Bertz CT molecular complexity index is 2810. The first-order valence-corrected chi connectivity index (χ1v) is 18.7. The summed E-state index contributed by atoms with van der Waals surface area (Å²) >= 11 is 0. The average molecular weight is 718 g/mol. The number of rotatable bonds is 7. The molecule has 0 bridgehead atoms. The van der Waals surface area contributed by atoms with Crippen LogP contribution in [-0.4, -0.2) is 15.0 Å². The summed E-state index contributed by atoms with van der Waals surface area (Å²) in [6, 6.07) is 70.6. The van der Waals surface area contributed by atoms with Gasteiger partial charge in [0, 0.05) is 16.7 Å². The molecule has 0 spiro atoms. The molecule has 266 valence electrons. The quantitative estimate of drug-likeness (QED) is 0.165. The topological polar surface area (TPSA) is 38.7 Å². The zero-order chi connectivity index (χ0) is 36.6. The van der Waals surface area contributed by atoms with Crippen molar-refractivity contribution in [1.82, 2.24) is 15.0 Å². The molecule has 56 heavy (non-hydrogen) atoms. The molecule has 0 radical (unpaired) electrons. The molecule has 1 aromatic heterocycles. The highest BCUT2D eigenvalue weighted by atomic mass is 15.0. The van der Waals surface area contributed by atoms with E-state index in [1.165, 1.54) is 44.5 Å². The zero-order valence-corrected chi connectivity index (χ0v) is 30.1. The van der Waals surface area contributed by atoms with E-state index in [1.54, 1.807) is 0 Å². The van der Waals surface area contributed by atoms with Gasteiger partial charge in [-0.2, -0.15) is 0 Å². The molecule has 3 heteroatoms. The lowest BCUT2D eigenvalue weighted by molar-refractivity contribution is 1.07. The molecule has 0 unspecified atom stereocenters. The number of aromatic nitrogens is 3. The normalized spacial score (nSPS) is 11.4. The number of hydrogen-bond acceptors (Lipinski definition) is 3. The van der Waals surface area contributed by atoms with Crippen molar-refractivity contribution < 1.29 is 0 Å². The highest BCUT2D eigenvalue weighted by molar-refractivity contribution is 5.90. The fourth-order valence-electron chi connectivity index (χ4n) is 7.89. The lowest BCUT2D eigenvalue weighted by atomic mass is 9.94. The Hall–Kier alpha value is -7.23. The first kappa shape index (κ1) is 34.5. The highest BCUT2D eigenvalue weighted by Crippen LogP contribution is 2.45. The van der Waals surface area contributed by atoms with Crippen LogP contribution in [0, 0.1) is 0 Å². The van der Waals surface area contributed by atoms with Crippen LogP contribution in [0.2, 0.25) is 0 Å². The molecule has 0 saturated carbocycles. The molecule has 8 aromatic carbocycles. The number of hydrogen-bond donors (Lipinski definition) is 0. The van der Waals surface area contributed by atoms with E-state index in [4.69, 9.17) is 15.0 Å². The van der Waals surface area contributed by atoms with Gasteiger partial charge in [0.2, 0.25) is 0 Å². The molecule has 10 rings (SSSR count). The summed E-state index contributed by atoms with van der Waals surface area (Å²) < 4.78 is 0. The van der Waals surface area contributed by atoms with E-state index in [2.05, 4.69) is 164 Å². The third kappa shape index (κ3) is 6.50. The lowest BCUT2D eigenvalue weighted by Crippen LogP contribution is -2.00. The molecule has 0 fully saturated rings. The predicted molar refractivity (Wildman–Crippen MR) is 233 cm³/mol. The standard InChI is InChI=1S/C52H35N3.CH4/c1-4-14-35(15-5-1)40-20-10-22-42(32-40)51-53-50(39-18-8-3-9-19-39)54-52(55-51)43-23-11-21-41(33-43)36-28-30-38(31-29-36)45-25-13-27-47-46-26-12-24-44(48(46)34-49(45)47)37-16-6-2-7-17-37;/h1-33H,34H2;1H4. The molecule has 1 heterocycles. The van der Waals surface area contributed by atoms with Crippen LogP contribution in [0.5, 0.6) is 0 Å². The van der Waals surface area contributed by atoms with Crippen LogP contribution in [0.15, 0.2) is 200 Å². The van der Waals surface area contributed by atoms with Gasteiger partial charge >= 0.3 is 0 Å². The SMILES string of the molecule is C.c1ccc(-c2cccc(-c3nc(-c4ccccc4)nc(-c4cccc(-c5ccc(-c6cccc7c6Cc6c(-c8ccccc8)cccc6-7)cc5)c4)n3)c2)cc1. The van der Waals surface area contributed by atoms with E-state index in [1.807, 2.05) is 36.4 Å². The van der Waals surface area contributed by atoms with E-state index in [0.29, 0.717) is 17.5 Å². The second kappa shape index (κ2) is 14.9. The van der Waals surface area contributed by atoms with Gasteiger partial charge in [-0.3, -0.25) is 0 Å². The largest absolute Gasteiger partial charge is 0.208 e. The van der Waals surface area contributed by atoms with Gasteiger partial charge in [0.1, 0.15) is 0 Å².